The highest BCUT2D eigenvalue weighted by Gasteiger charge is 2.31. The molecule has 0 fully saturated rings. The molecule has 0 saturated carbocycles. The summed E-state index contributed by atoms with van der Waals surface area (Å²) < 4.78 is 9.45. The van der Waals surface area contributed by atoms with Crippen molar-refractivity contribution in [2.45, 2.75) is 49.9 Å². The van der Waals surface area contributed by atoms with Gasteiger partial charge in [0.05, 0.1) is 26.4 Å². The third kappa shape index (κ3) is 11.6. The minimum atomic E-state index is -0.981. The number of ether oxygens (including phenoxy) is 2. The zero-order valence-corrected chi connectivity index (χ0v) is 13.8. The summed E-state index contributed by atoms with van der Waals surface area (Å²) in [5.41, 5.74) is 0. The first-order valence-electron chi connectivity index (χ1n) is 7.10. The van der Waals surface area contributed by atoms with E-state index >= 15 is 0 Å². The molecule has 0 aromatic carbocycles. The van der Waals surface area contributed by atoms with E-state index in [4.69, 9.17) is 14.6 Å². The fourth-order valence-electron chi connectivity index (χ4n) is 1.66. The van der Waals surface area contributed by atoms with E-state index in [2.05, 4.69) is 15.9 Å². The average molecular weight is 356 g/mol. The monoisotopic (exact) mass is 355 g/mol. The summed E-state index contributed by atoms with van der Waals surface area (Å²) in [7, 11) is 0. The lowest BCUT2D eigenvalue weighted by atomic mass is 10.1. The largest absolute Gasteiger partial charge is 0.394 e. The van der Waals surface area contributed by atoms with Crippen molar-refractivity contribution in [2.24, 2.45) is 0 Å². The number of hydrogen-bond donors (Lipinski definition) is 1. The predicted molar refractivity (Wildman–Crippen MR) is 80.8 cm³/mol. The molecule has 0 heterocycles. The highest BCUT2D eigenvalue weighted by Crippen LogP contribution is 2.25. The number of alkyl halides is 1. The molecule has 0 saturated heterocycles. The van der Waals surface area contributed by atoms with Crippen molar-refractivity contribution in [1.29, 1.82) is 0 Å². The topological polar surface area (TPSA) is 81.8 Å². The maximum atomic E-state index is 10.7. The molecule has 20 heavy (non-hydrogen) atoms. The highest BCUT2D eigenvalue weighted by atomic mass is 79.9. The van der Waals surface area contributed by atoms with Gasteiger partial charge in [-0.3, -0.25) is 10.1 Å². The van der Waals surface area contributed by atoms with Gasteiger partial charge in [-0.25, -0.2) is 0 Å². The van der Waals surface area contributed by atoms with Gasteiger partial charge in [-0.15, -0.1) is 0 Å². The van der Waals surface area contributed by atoms with Crippen LogP contribution in [0, 0.1) is 10.1 Å². The summed E-state index contributed by atoms with van der Waals surface area (Å²) in [6, 6.07) is 0. The van der Waals surface area contributed by atoms with E-state index in [0.717, 1.165) is 32.1 Å². The number of nitrogens with zero attached hydrogens (tertiary/aromatic N) is 1. The zero-order chi connectivity index (χ0) is 15.3. The van der Waals surface area contributed by atoms with Crippen molar-refractivity contribution in [2.75, 3.05) is 33.0 Å². The van der Waals surface area contributed by atoms with Crippen LogP contribution >= 0.6 is 15.9 Å². The molecule has 0 aromatic rings. The summed E-state index contributed by atoms with van der Waals surface area (Å²) in [4.78, 5) is 10.4. The lowest BCUT2D eigenvalue weighted by Crippen LogP contribution is -2.26. The van der Waals surface area contributed by atoms with Gasteiger partial charge in [0.2, 0.25) is 0 Å². The second-order valence-corrected chi connectivity index (χ2v) is 6.57. The van der Waals surface area contributed by atoms with E-state index < -0.39 is 4.45 Å². The Balaban J connectivity index is 3.19. The van der Waals surface area contributed by atoms with Gasteiger partial charge in [0.25, 0.3) is 4.45 Å². The quantitative estimate of drug-likeness (QED) is 0.170. The van der Waals surface area contributed by atoms with Gasteiger partial charge in [0.15, 0.2) is 0 Å². The maximum Gasteiger partial charge on any atom is 0.271 e. The second-order valence-electron chi connectivity index (χ2n) is 4.87. The first kappa shape index (κ1) is 19.8. The van der Waals surface area contributed by atoms with Gasteiger partial charge in [-0.1, -0.05) is 19.3 Å². The van der Waals surface area contributed by atoms with Crippen molar-refractivity contribution in [3.63, 3.8) is 0 Å². The summed E-state index contributed by atoms with van der Waals surface area (Å²) in [5.74, 6) is 0. The zero-order valence-electron chi connectivity index (χ0n) is 12.2. The van der Waals surface area contributed by atoms with Crippen LogP contribution in [0.5, 0.6) is 0 Å². The molecular formula is C13H26BrNO5. The molecule has 0 spiro atoms. The molecular weight excluding hydrogens is 330 g/mol. The second kappa shape index (κ2) is 12.5. The molecule has 0 rings (SSSR count). The summed E-state index contributed by atoms with van der Waals surface area (Å²) in [6.07, 6.45) is 5.58. The molecule has 6 nitrogen and oxygen atoms in total. The van der Waals surface area contributed by atoms with Crippen LogP contribution in [0.3, 0.4) is 0 Å². The van der Waals surface area contributed by atoms with Crippen LogP contribution in [0.4, 0.5) is 0 Å². The van der Waals surface area contributed by atoms with Crippen LogP contribution in [-0.4, -0.2) is 47.5 Å². The third-order valence-electron chi connectivity index (χ3n) is 2.91. The smallest absolute Gasteiger partial charge is 0.271 e. The number of rotatable bonds is 14. The Bertz CT molecular complexity index is 251. The molecule has 1 unspecified atom stereocenters. The van der Waals surface area contributed by atoms with Crippen molar-refractivity contribution in [1.82, 2.24) is 0 Å². The molecule has 0 radical (unpaired) electrons. The van der Waals surface area contributed by atoms with Crippen molar-refractivity contribution >= 4 is 15.9 Å². The maximum absolute atomic E-state index is 10.7. The lowest BCUT2D eigenvalue weighted by molar-refractivity contribution is -0.531. The molecule has 120 valence electrons. The van der Waals surface area contributed by atoms with Crippen LogP contribution in [0.1, 0.15) is 45.4 Å². The summed E-state index contributed by atoms with van der Waals surface area (Å²) in [6.45, 7) is 3.80. The number of aliphatic hydroxyl groups is 1. The Kier molecular flexibility index (Phi) is 12.3. The molecule has 1 N–H and O–H groups in total. The number of halogens is 1. The number of unbranched alkanes of at least 4 members (excludes halogenated alkanes) is 4. The number of nitro groups is 1. The summed E-state index contributed by atoms with van der Waals surface area (Å²) in [5, 5.41) is 19.2. The Labute approximate surface area is 129 Å². The lowest BCUT2D eigenvalue weighted by Gasteiger charge is -2.12. The highest BCUT2D eigenvalue weighted by molar-refractivity contribution is 9.10. The average Bonchev–Trinajstić information content (AvgIpc) is 2.39. The van der Waals surface area contributed by atoms with Crippen molar-refractivity contribution in [3.8, 4) is 0 Å². The predicted octanol–water partition coefficient (Wildman–Crippen LogP) is 2.74. The SMILES string of the molecule is CC(Br)(CCCCCCCOCCOCCO)[N+](=O)[O-]. The van der Waals surface area contributed by atoms with Gasteiger partial charge >= 0.3 is 0 Å². The van der Waals surface area contributed by atoms with E-state index in [1.54, 1.807) is 6.92 Å². The minimum Gasteiger partial charge on any atom is -0.394 e. The van der Waals surface area contributed by atoms with Crippen molar-refractivity contribution in [3.05, 3.63) is 10.1 Å². The van der Waals surface area contributed by atoms with E-state index in [-0.39, 0.29) is 11.5 Å². The van der Waals surface area contributed by atoms with E-state index in [1.807, 2.05) is 0 Å². The summed E-state index contributed by atoms with van der Waals surface area (Å²) >= 11 is 3.13. The van der Waals surface area contributed by atoms with Gasteiger partial charge in [0.1, 0.15) is 0 Å². The Morgan fingerprint density at radius 2 is 1.60 bits per heavy atom. The fourth-order valence-corrected chi connectivity index (χ4v) is 1.94. The van der Waals surface area contributed by atoms with E-state index in [9.17, 15) is 10.1 Å². The molecule has 7 heteroatoms. The molecule has 0 bridgehead atoms. The van der Waals surface area contributed by atoms with Crippen LogP contribution in [0.25, 0.3) is 0 Å². The van der Waals surface area contributed by atoms with Crippen LogP contribution in [0.2, 0.25) is 0 Å². The third-order valence-corrected chi connectivity index (χ3v) is 3.60. The van der Waals surface area contributed by atoms with Gasteiger partial charge < -0.3 is 14.6 Å². The standard InChI is InChI=1S/C13H26BrNO5/c1-13(14,15(17)18)7-5-3-2-4-6-9-19-11-12-20-10-8-16/h16H,2-12H2,1H3. The minimum absolute atomic E-state index is 0.0455. The van der Waals surface area contributed by atoms with Crippen molar-refractivity contribution < 1.29 is 19.5 Å². The van der Waals surface area contributed by atoms with Gasteiger partial charge in [0, 0.05) is 24.9 Å². The fraction of sp³-hybridized carbons (Fsp3) is 1.00. The normalized spacial score (nSPS) is 14.2. The van der Waals surface area contributed by atoms with Gasteiger partial charge in [-0.05, 0) is 28.8 Å². The Morgan fingerprint density at radius 1 is 1.05 bits per heavy atom. The van der Waals surface area contributed by atoms with Gasteiger partial charge in [-0.2, -0.15) is 0 Å². The van der Waals surface area contributed by atoms with Crippen LogP contribution in [-0.2, 0) is 9.47 Å². The molecule has 1 atom stereocenters. The Hall–Kier alpha value is -0.240. The van der Waals surface area contributed by atoms with Crippen LogP contribution in [0.15, 0.2) is 0 Å². The molecule has 0 aliphatic heterocycles. The molecule has 0 aromatic heterocycles. The molecule has 0 amide bonds. The molecule has 0 aliphatic carbocycles. The number of hydrogen-bond acceptors (Lipinski definition) is 5. The first-order valence-corrected chi connectivity index (χ1v) is 7.90. The number of aliphatic hydroxyl groups excluding tert-OH is 1. The van der Waals surface area contributed by atoms with Crippen LogP contribution < -0.4 is 0 Å². The van der Waals surface area contributed by atoms with E-state index in [0.29, 0.717) is 32.8 Å². The first-order chi connectivity index (χ1) is 9.50. The van der Waals surface area contributed by atoms with E-state index in [1.165, 1.54) is 0 Å². The Morgan fingerprint density at radius 3 is 2.20 bits per heavy atom. The molecule has 0 aliphatic rings.